The van der Waals surface area contributed by atoms with Gasteiger partial charge in [0.05, 0.1) is 5.69 Å². The molecular weight excluding hydrogens is 202 g/mol. The van der Waals surface area contributed by atoms with E-state index in [0.29, 0.717) is 0 Å². The smallest absolute Gasteiger partial charge is 0.241 e. The van der Waals surface area contributed by atoms with Crippen LogP contribution in [0, 0.1) is 5.92 Å². The van der Waals surface area contributed by atoms with Crippen molar-refractivity contribution in [2.75, 3.05) is 18.5 Å². The molecule has 1 fully saturated rings. The molecule has 0 unspecified atom stereocenters. The second-order valence-electron chi connectivity index (χ2n) is 4.00. The highest BCUT2D eigenvalue weighted by Crippen LogP contribution is 2.11. The van der Waals surface area contributed by atoms with E-state index in [1.165, 1.54) is 0 Å². The molecule has 0 radical (unpaired) electrons. The third kappa shape index (κ3) is 2.97. The number of para-hydroxylation sites is 1. The van der Waals surface area contributed by atoms with Gasteiger partial charge in [-0.15, -0.1) is 0 Å². The number of amides is 1. The highest BCUT2D eigenvalue weighted by molar-refractivity contribution is 5.80. The second kappa shape index (κ2) is 5.51. The maximum Gasteiger partial charge on any atom is 0.241 e. The minimum atomic E-state index is 0.0883. The molecule has 86 valence electrons. The number of anilines is 1. The summed E-state index contributed by atoms with van der Waals surface area (Å²) in [5, 5.41) is 3.24. The molecule has 0 saturated carbocycles. The summed E-state index contributed by atoms with van der Waals surface area (Å²) in [4.78, 5) is 11.8. The first kappa shape index (κ1) is 11.0. The van der Waals surface area contributed by atoms with Crippen molar-refractivity contribution in [3.63, 3.8) is 0 Å². The van der Waals surface area contributed by atoms with E-state index >= 15 is 0 Å². The van der Waals surface area contributed by atoms with Crippen LogP contribution in [-0.4, -0.2) is 19.0 Å². The third-order valence-electron chi connectivity index (χ3n) is 2.81. The molecule has 3 N–H and O–H groups in total. The molecular formula is C12H17N3O. The van der Waals surface area contributed by atoms with Gasteiger partial charge in [-0.25, -0.2) is 0 Å². The van der Waals surface area contributed by atoms with Crippen molar-refractivity contribution in [3.8, 4) is 0 Å². The number of carbonyl (C=O) groups excluding carboxylic acids is 1. The van der Waals surface area contributed by atoms with E-state index in [-0.39, 0.29) is 11.8 Å². The monoisotopic (exact) mass is 219 g/mol. The molecule has 1 aliphatic rings. The fraction of sp³-hybridized carbons (Fsp3) is 0.417. The predicted molar refractivity (Wildman–Crippen MR) is 63.8 cm³/mol. The molecule has 4 nitrogen and oxygen atoms in total. The molecule has 1 aromatic carbocycles. The van der Waals surface area contributed by atoms with Crippen molar-refractivity contribution in [2.45, 2.75) is 12.8 Å². The zero-order chi connectivity index (χ0) is 11.2. The van der Waals surface area contributed by atoms with Gasteiger partial charge in [0, 0.05) is 5.92 Å². The average Bonchev–Trinajstić information content (AvgIpc) is 2.38. The van der Waals surface area contributed by atoms with Crippen LogP contribution in [0.15, 0.2) is 30.3 Å². The van der Waals surface area contributed by atoms with Crippen LogP contribution in [0.1, 0.15) is 12.8 Å². The molecule has 1 amide bonds. The summed E-state index contributed by atoms with van der Waals surface area (Å²) in [7, 11) is 0. The molecule has 1 aromatic rings. The van der Waals surface area contributed by atoms with Crippen LogP contribution in [0.3, 0.4) is 0 Å². The van der Waals surface area contributed by atoms with Crippen LogP contribution in [-0.2, 0) is 4.79 Å². The lowest BCUT2D eigenvalue weighted by atomic mass is 9.98. The lowest BCUT2D eigenvalue weighted by Gasteiger charge is -2.22. The number of rotatable bonds is 3. The van der Waals surface area contributed by atoms with E-state index < -0.39 is 0 Å². The molecule has 1 heterocycles. The van der Waals surface area contributed by atoms with Crippen molar-refractivity contribution in [3.05, 3.63) is 30.3 Å². The summed E-state index contributed by atoms with van der Waals surface area (Å²) in [6.07, 6.45) is 1.84. The van der Waals surface area contributed by atoms with Gasteiger partial charge in [-0.05, 0) is 38.1 Å². The fourth-order valence-electron chi connectivity index (χ4n) is 1.84. The minimum Gasteiger partial charge on any atom is -0.317 e. The summed E-state index contributed by atoms with van der Waals surface area (Å²) < 4.78 is 0. The van der Waals surface area contributed by atoms with Crippen LogP contribution < -0.4 is 16.2 Å². The van der Waals surface area contributed by atoms with Gasteiger partial charge in [0.25, 0.3) is 0 Å². The first-order valence-electron chi connectivity index (χ1n) is 5.68. The first-order valence-corrected chi connectivity index (χ1v) is 5.68. The zero-order valence-corrected chi connectivity index (χ0v) is 9.20. The predicted octanol–water partition coefficient (Wildman–Crippen LogP) is 1.13. The Kier molecular flexibility index (Phi) is 3.77. The Balaban J connectivity index is 1.79. The maximum absolute atomic E-state index is 11.8. The Labute approximate surface area is 95.4 Å². The highest BCUT2D eigenvalue weighted by atomic mass is 16.2. The Bertz CT molecular complexity index is 333. The van der Waals surface area contributed by atoms with E-state index in [1.54, 1.807) is 0 Å². The molecule has 1 aliphatic heterocycles. The Morgan fingerprint density at radius 2 is 1.88 bits per heavy atom. The van der Waals surface area contributed by atoms with Crippen molar-refractivity contribution >= 4 is 11.6 Å². The molecule has 0 spiro atoms. The van der Waals surface area contributed by atoms with Crippen LogP contribution in [0.2, 0.25) is 0 Å². The van der Waals surface area contributed by atoms with E-state index in [9.17, 15) is 4.79 Å². The number of hydrogen-bond donors (Lipinski definition) is 3. The normalized spacial score (nSPS) is 16.8. The molecule has 4 heteroatoms. The highest BCUT2D eigenvalue weighted by Gasteiger charge is 2.20. The summed E-state index contributed by atoms with van der Waals surface area (Å²) >= 11 is 0. The van der Waals surface area contributed by atoms with Gasteiger partial charge in [0.2, 0.25) is 5.91 Å². The Morgan fingerprint density at radius 3 is 2.56 bits per heavy atom. The van der Waals surface area contributed by atoms with Crippen molar-refractivity contribution < 1.29 is 4.79 Å². The molecule has 0 aliphatic carbocycles. The van der Waals surface area contributed by atoms with Gasteiger partial charge in [0.1, 0.15) is 0 Å². The number of benzene rings is 1. The van der Waals surface area contributed by atoms with Gasteiger partial charge in [0.15, 0.2) is 0 Å². The van der Waals surface area contributed by atoms with Crippen molar-refractivity contribution in [2.24, 2.45) is 5.92 Å². The number of carbonyl (C=O) groups is 1. The lowest BCUT2D eigenvalue weighted by molar-refractivity contribution is -0.125. The van der Waals surface area contributed by atoms with Crippen molar-refractivity contribution in [1.29, 1.82) is 0 Å². The molecule has 0 aromatic heterocycles. The van der Waals surface area contributed by atoms with Crippen LogP contribution in [0.5, 0.6) is 0 Å². The zero-order valence-electron chi connectivity index (χ0n) is 9.20. The van der Waals surface area contributed by atoms with Crippen LogP contribution in [0.4, 0.5) is 5.69 Å². The summed E-state index contributed by atoms with van der Waals surface area (Å²) in [5.41, 5.74) is 6.58. The van der Waals surface area contributed by atoms with E-state index in [1.807, 2.05) is 30.3 Å². The number of nitrogens with one attached hydrogen (secondary N) is 3. The van der Waals surface area contributed by atoms with E-state index in [0.717, 1.165) is 31.6 Å². The van der Waals surface area contributed by atoms with Gasteiger partial charge in [-0.2, -0.15) is 0 Å². The fourth-order valence-corrected chi connectivity index (χ4v) is 1.84. The van der Waals surface area contributed by atoms with Gasteiger partial charge < -0.3 is 5.32 Å². The summed E-state index contributed by atoms with van der Waals surface area (Å²) in [6, 6.07) is 9.64. The van der Waals surface area contributed by atoms with E-state index in [2.05, 4.69) is 16.2 Å². The molecule has 16 heavy (non-hydrogen) atoms. The van der Waals surface area contributed by atoms with Gasteiger partial charge >= 0.3 is 0 Å². The van der Waals surface area contributed by atoms with Gasteiger partial charge in [-0.3, -0.25) is 15.6 Å². The van der Waals surface area contributed by atoms with Crippen LogP contribution >= 0.6 is 0 Å². The number of hydrogen-bond acceptors (Lipinski definition) is 3. The van der Waals surface area contributed by atoms with Crippen LogP contribution in [0.25, 0.3) is 0 Å². The summed E-state index contributed by atoms with van der Waals surface area (Å²) in [6.45, 7) is 1.87. The topological polar surface area (TPSA) is 53.2 Å². The third-order valence-corrected chi connectivity index (χ3v) is 2.81. The molecule has 1 saturated heterocycles. The molecule has 2 rings (SSSR count). The van der Waals surface area contributed by atoms with Crippen molar-refractivity contribution in [1.82, 2.24) is 10.7 Å². The van der Waals surface area contributed by atoms with E-state index in [4.69, 9.17) is 0 Å². The first-order chi connectivity index (χ1) is 7.86. The maximum atomic E-state index is 11.8. The number of piperidine rings is 1. The Hall–Kier alpha value is -1.55. The quantitative estimate of drug-likeness (QED) is 0.668. The minimum absolute atomic E-state index is 0.0883. The molecule has 0 atom stereocenters. The van der Waals surface area contributed by atoms with Gasteiger partial charge in [-0.1, -0.05) is 18.2 Å². The Morgan fingerprint density at radius 1 is 1.19 bits per heavy atom. The largest absolute Gasteiger partial charge is 0.317 e. The second-order valence-corrected chi connectivity index (χ2v) is 4.00. The SMILES string of the molecule is O=C(NNc1ccccc1)C1CCNCC1. The molecule has 0 bridgehead atoms. The lowest BCUT2D eigenvalue weighted by Crippen LogP contribution is -2.40. The average molecular weight is 219 g/mol. The standard InChI is InChI=1S/C12H17N3O/c16-12(10-6-8-13-9-7-10)15-14-11-4-2-1-3-5-11/h1-5,10,13-14H,6-9H2,(H,15,16). The summed E-state index contributed by atoms with van der Waals surface area (Å²) in [5.74, 6) is 0.225. The number of hydrazine groups is 1.